The number of aromatic hydroxyl groups is 1. The van der Waals surface area contributed by atoms with Gasteiger partial charge in [0.1, 0.15) is 11.5 Å². The maximum atomic E-state index is 10.8. The monoisotopic (exact) mass is 230 g/mol. The molecule has 0 aliphatic heterocycles. The molecule has 0 spiro atoms. The van der Waals surface area contributed by atoms with Crippen molar-refractivity contribution in [2.24, 2.45) is 0 Å². The van der Waals surface area contributed by atoms with Crippen molar-refractivity contribution < 1.29 is 19.4 Å². The molecule has 15 heavy (non-hydrogen) atoms. The Kier molecular flexibility index (Phi) is 3.94. The summed E-state index contributed by atoms with van der Waals surface area (Å²) in [6.07, 6.45) is 0.631. The molecule has 0 aliphatic rings. The Balaban J connectivity index is 3.19. The first-order valence-corrected chi connectivity index (χ1v) is 4.58. The van der Waals surface area contributed by atoms with Gasteiger partial charge >= 0.3 is 0 Å². The number of rotatable bonds is 4. The van der Waals surface area contributed by atoms with Gasteiger partial charge in [0.25, 0.3) is 0 Å². The van der Waals surface area contributed by atoms with Crippen LogP contribution >= 0.6 is 11.6 Å². The number of carbonyl (C=O) groups is 1. The number of halogens is 1. The highest BCUT2D eigenvalue weighted by molar-refractivity contribution is 6.33. The topological polar surface area (TPSA) is 55.8 Å². The van der Waals surface area contributed by atoms with E-state index in [-0.39, 0.29) is 23.3 Å². The minimum atomic E-state index is -0.120. The molecule has 0 heterocycles. The highest BCUT2D eigenvalue weighted by Gasteiger charge is 2.13. The van der Waals surface area contributed by atoms with Crippen LogP contribution in [-0.2, 0) is 4.74 Å². The van der Waals surface area contributed by atoms with Crippen molar-refractivity contribution >= 4 is 17.9 Å². The van der Waals surface area contributed by atoms with Crippen molar-refractivity contribution in [1.29, 1.82) is 0 Å². The second-order valence-electron chi connectivity index (χ2n) is 2.92. The molecule has 1 N–H and O–H groups in total. The molecular weight excluding hydrogens is 220 g/mol. The number of benzene rings is 1. The van der Waals surface area contributed by atoms with Gasteiger partial charge in [-0.05, 0) is 12.5 Å². The van der Waals surface area contributed by atoms with Gasteiger partial charge in [0.2, 0.25) is 0 Å². The summed E-state index contributed by atoms with van der Waals surface area (Å²) in [5, 5.41) is 9.59. The molecule has 0 bridgehead atoms. The average Bonchev–Trinajstić information content (AvgIpc) is 2.23. The minimum absolute atomic E-state index is 0.00134. The Bertz CT molecular complexity index is 376. The van der Waals surface area contributed by atoms with E-state index in [0.29, 0.717) is 17.4 Å². The zero-order valence-electron chi connectivity index (χ0n) is 8.41. The highest BCUT2D eigenvalue weighted by Crippen LogP contribution is 2.35. The van der Waals surface area contributed by atoms with Crippen LogP contribution in [0.5, 0.6) is 11.5 Å². The Morgan fingerprint density at radius 2 is 2.27 bits per heavy atom. The number of methoxy groups -OCH3 is 1. The maximum absolute atomic E-state index is 10.8. The van der Waals surface area contributed by atoms with Crippen molar-refractivity contribution in [2.45, 2.75) is 6.92 Å². The highest BCUT2D eigenvalue weighted by atomic mass is 35.5. The van der Waals surface area contributed by atoms with Gasteiger partial charge in [0.15, 0.2) is 13.1 Å². The Morgan fingerprint density at radius 1 is 1.60 bits per heavy atom. The zero-order valence-corrected chi connectivity index (χ0v) is 9.17. The van der Waals surface area contributed by atoms with Gasteiger partial charge in [0, 0.05) is 13.2 Å². The minimum Gasteiger partial charge on any atom is -0.506 e. The van der Waals surface area contributed by atoms with Crippen molar-refractivity contribution in [3.63, 3.8) is 0 Å². The molecule has 5 heteroatoms. The fraction of sp³-hybridized carbons (Fsp3) is 0.300. The summed E-state index contributed by atoms with van der Waals surface area (Å²) in [4.78, 5) is 10.8. The van der Waals surface area contributed by atoms with E-state index in [1.54, 1.807) is 6.92 Å². The Morgan fingerprint density at radius 3 is 2.80 bits per heavy atom. The summed E-state index contributed by atoms with van der Waals surface area (Å²) in [6.45, 7) is 1.63. The summed E-state index contributed by atoms with van der Waals surface area (Å²) >= 11 is 5.77. The van der Waals surface area contributed by atoms with E-state index in [1.165, 1.54) is 13.2 Å². The normalized spacial score (nSPS) is 10.1. The van der Waals surface area contributed by atoms with Crippen LogP contribution in [0, 0.1) is 6.92 Å². The van der Waals surface area contributed by atoms with Crippen molar-refractivity contribution in [3.05, 3.63) is 22.2 Å². The van der Waals surface area contributed by atoms with Crippen LogP contribution in [0.2, 0.25) is 5.02 Å². The first kappa shape index (κ1) is 11.8. The van der Waals surface area contributed by atoms with Gasteiger partial charge < -0.3 is 14.6 Å². The summed E-state index contributed by atoms with van der Waals surface area (Å²) in [7, 11) is 1.46. The third-order valence-electron chi connectivity index (χ3n) is 1.94. The first-order chi connectivity index (χ1) is 7.11. The van der Waals surface area contributed by atoms with E-state index in [4.69, 9.17) is 21.1 Å². The number of aldehydes is 1. The lowest BCUT2D eigenvalue weighted by Crippen LogP contribution is -2.03. The number of hydrogen-bond donors (Lipinski definition) is 1. The largest absolute Gasteiger partial charge is 0.506 e. The number of hydrogen-bond acceptors (Lipinski definition) is 4. The van der Waals surface area contributed by atoms with Crippen LogP contribution < -0.4 is 4.74 Å². The second kappa shape index (κ2) is 5.00. The number of ether oxygens (including phenoxy) is 2. The molecule has 1 aromatic rings. The van der Waals surface area contributed by atoms with Crippen LogP contribution in [0.1, 0.15) is 15.9 Å². The molecule has 0 fully saturated rings. The van der Waals surface area contributed by atoms with Gasteiger partial charge in [-0.1, -0.05) is 11.6 Å². The smallest absolute Gasteiger partial charge is 0.188 e. The van der Waals surface area contributed by atoms with Gasteiger partial charge in [-0.15, -0.1) is 0 Å². The third kappa shape index (κ3) is 2.40. The average molecular weight is 231 g/mol. The number of phenols is 1. The number of phenolic OH excluding ortho intramolecular Hbond substituents is 1. The van der Waals surface area contributed by atoms with Crippen LogP contribution in [0.15, 0.2) is 6.07 Å². The molecule has 0 amide bonds. The van der Waals surface area contributed by atoms with Gasteiger partial charge in [-0.2, -0.15) is 0 Å². The standard InChI is InChI=1S/C10H11ClO4/c1-6-7(4-12)9(15-5-14-2)3-8(13)10(6)11/h3-4,13H,5H2,1-2H3. The third-order valence-corrected chi connectivity index (χ3v) is 2.42. The Hall–Kier alpha value is -1.26. The van der Waals surface area contributed by atoms with Gasteiger partial charge in [-0.25, -0.2) is 0 Å². The van der Waals surface area contributed by atoms with Crippen LogP contribution in [0.4, 0.5) is 0 Å². The molecule has 0 saturated carbocycles. The molecule has 0 aliphatic carbocycles. The molecule has 1 aromatic carbocycles. The molecule has 1 rings (SSSR count). The van der Waals surface area contributed by atoms with Gasteiger partial charge in [-0.3, -0.25) is 4.79 Å². The lowest BCUT2D eigenvalue weighted by molar-refractivity contribution is 0.0503. The summed E-state index contributed by atoms with van der Waals surface area (Å²) in [5.74, 6) is 0.136. The molecule has 0 radical (unpaired) electrons. The summed E-state index contributed by atoms with van der Waals surface area (Å²) < 4.78 is 9.82. The maximum Gasteiger partial charge on any atom is 0.188 e. The predicted octanol–water partition coefficient (Wildman–Crippen LogP) is 2.15. The van der Waals surface area contributed by atoms with E-state index >= 15 is 0 Å². The summed E-state index contributed by atoms with van der Waals surface area (Å²) in [5.41, 5.74) is 0.799. The van der Waals surface area contributed by atoms with E-state index < -0.39 is 0 Å². The predicted molar refractivity (Wildman–Crippen MR) is 55.7 cm³/mol. The number of carbonyl (C=O) groups excluding carboxylic acids is 1. The molecule has 0 unspecified atom stereocenters. The first-order valence-electron chi connectivity index (χ1n) is 4.20. The molecule has 4 nitrogen and oxygen atoms in total. The van der Waals surface area contributed by atoms with Crippen molar-refractivity contribution in [2.75, 3.05) is 13.9 Å². The van der Waals surface area contributed by atoms with E-state index in [2.05, 4.69) is 0 Å². The molecule has 82 valence electrons. The fourth-order valence-electron chi connectivity index (χ4n) is 1.15. The molecule has 0 aromatic heterocycles. The SMILES string of the molecule is COCOc1cc(O)c(Cl)c(C)c1C=O. The van der Waals surface area contributed by atoms with E-state index in [9.17, 15) is 9.90 Å². The molecule has 0 atom stereocenters. The van der Waals surface area contributed by atoms with Gasteiger partial charge in [0.05, 0.1) is 10.6 Å². The van der Waals surface area contributed by atoms with Crippen molar-refractivity contribution in [3.8, 4) is 11.5 Å². The second-order valence-corrected chi connectivity index (χ2v) is 3.29. The fourth-order valence-corrected chi connectivity index (χ4v) is 1.31. The zero-order chi connectivity index (χ0) is 11.4. The quantitative estimate of drug-likeness (QED) is 0.636. The lowest BCUT2D eigenvalue weighted by Gasteiger charge is -2.11. The van der Waals surface area contributed by atoms with Crippen LogP contribution in [0.25, 0.3) is 0 Å². The van der Waals surface area contributed by atoms with E-state index in [0.717, 1.165) is 0 Å². The lowest BCUT2D eigenvalue weighted by atomic mass is 10.1. The molecule has 0 saturated heterocycles. The molecular formula is C10H11ClO4. The summed E-state index contributed by atoms with van der Waals surface area (Å²) in [6, 6.07) is 1.29. The van der Waals surface area contributed by atoms with Crippen LogP contribution in [-0.4, -0.2) is 25.3 Å². The Labute approximate surface area is 92.4 Å². The van der Waals surface area contributed by atoms with Crippen LogP contribution in [0.3, 0.4) is 0 Å². The van der Waals surface area contributed by atoms with E-state index in [1.807, 2.05) is 0 Å². The van der Waals surface area contributed by atoms with Crippen molar-refractivity contribution in [1.82, 2.24) is 0 Å².